The highest BCUT2D eigenvalue weighted by Gasteiger charge is 2.52. The topological polar surface area (TPSA) is 20.1 Å². The summed E-state index contributed by atoms with van der Waals surface area (Å²) in [4.78, 5) is 11.8. The van der Waals surface area contributed by atoms with Crippen LogP contribution in [-0.4, -0.2) is 15.8 Å². The molecule has 0 saturated carbocycles. The Morgan fingerprint density at radius 2 is 1.42 bits per heavy atom. The maximum atomic E-state index is 11.8. The van der Waals surface area contributed by atoms with Gasteiger partial charge in [0.25, 0.3) is 0 Å². The van der Waals surface area contributed by atoms with Crippen molar-refractivity contribution in [3.05, 3.63) is 4.91 Å². The second-order valence-corrected chi connectivity index (χ2v) is 5.43. The molecule has 0 N–H and O–H groups in total. The molecule has 1 fully saturated rings. The lowest BCUT2D eigenvalue weighted by molar-refractivity contribution is -0.695. The van der Waals surface area contributed by atoms with E-state index in [1.54, 1.807) is 0 Å². The van der Waals surface area contributed by atoms with Gasteiger partial charge in [-0.2, -0.15) is 0 Å². The number of hydrogen-bond donors (Lipinski definition) is 0. The summed E-state index contributed by atoms with van der Waals surface area (Å²) in [6.07, 6.45) is 2.03. The average molecular weight is 170 g/mol. The van der Waals surface area contributed by atoms with Crippen molar-refractivity contribution in [1.29, 1.82) is 0 Å². The van der Waals surface area contributed by atoms with Gasteiger partial charge >= 0.3 is 0 Å². The van der Waals surface area contributed by atoms with Crippen molar-refractivity contribution in [3.8, 4) is 0 Å². The molecule has 1 heterocycles. The van der Waals surface area contributed by atoms with Gasteiger partial charge in [0, 0.05) is 50.2 Å². The van der Waals surface area contributed by atoms with E-state index in [-0.39, 0.29) is 11.1 Å². The van der Waals surface area contributed by atoms with E-state index in [0.717, 1.165) is 12.8 Å². The molecule has 0 amide bonds. The van der Waals surface area contributed by atoms with Crippen LogP contribution in [0.4, 0.5) is 0 Å². The molecule has 1 aliphatic rings. The molecule has 0 aliphatic carbocycles. The fourth-order valence-corrected chi connectivity index (χ4v) is 2.76. The Labute approximate surface area is 74.9 Å². The first kappa shape index (κ1) is 9.69. The van der Waals surface area contributed by atoms with E-state index >= 15 is 0 Å². The SMILES string of the molecule is CC1CC(C)(C)[N+](=O)C(C)(C)C1. The van der Waals surface area contributed by atoms with E-state index in [4.69, 9.17) is 0 Å². The van der Waals surface area contributed by atoms with Crippen molar-refractivity contribution in [2.24, 2.45) is 5.92 Å². The number of rotatable bonds is 0. The zero-order chi connectivity index (χ0) is 9.57. The Morgan fingerprint density at radius 3 is 1.75 bits per heavy atom. The van der Waals surface area contributed by atoms with Gasteiger partial charge in [0.15, 0.2) is 0 Å². The van der Waals surface area contributed by atoms with Gasteiger partial charge in [-0.25, -0.2) is 0 Å². The Kier molecular flexibility index (Phi) is 2.05. The van der Waals surface area contributed by atoms with Gasteiger partial charge < -0.3 is 0 Å². The highest BCUT2D eigenvalue weighted by atomic mass is 16.3. The predicted molar refractivity (Wildman–Crippen MR) is 50.2 cm³/mol. The van der Waals surface area contributed by atoms with Crippen LogP contribution in [0, 0.1) is 10.8 Å². The van der Waals surface area contributed by atoms with Gasteiger partial charge in [0.05, 0.1) is 0 Å². The molecule has 0 unspecified atom stereocenters. The highest BCUT2D eigenvalue weighted by molar-refractivity contribution is 4.84. The summed E-state index contributed by atoms with van der Waals surface area (Å²) in [7, 11) is 0. The van der Waals surface area contributed by atoms with Gasteiger partial charge in [-0.05, 0) is 5.92 Å². The Morgan fingerprint density at radius 1 is 1.08 bits per heavy atom. The molecular weight excluding hydrogens is 150 g/mol. The second-order valence-electron chi connectivity index (χ2n) is 5.43. The molecule has 2 heteroatoms. The van der Waals surface area contributed by atoms with E-state index in [0.29, 0.717) is 5.92 Å². The van der Waals surface area contributed by atoms with Crippen molar-refractivity contribution in [3.63, 3.8) is 0 Å². The number of hydrogen-bond acceptors (Lipinski definition) is 1. The van der Waals surface area contributed by atoms with Gasteiger partial charge in [0.1, 0.15) is 0 Å². The molecule has 0 aromatic heterocycles. The maximum absolute atomic E-state index is 11.8. The van der Waals surface area contributed by atoms with Crippen LogP contribution in [0.15, 0.2) is 0 Å². The number of nitrogens with zero attached hydrogens (tertiary/aromatic N) is 1. The maximum Gasteiger partial charge on any atom is 0.206 e. The van der Waals surface area contributed by atoms with Crippen molar-refractivity contribution >= 4 is 0 Å². The van der Waals surface area contributed by atoms with Crippen LogP contribution in [0.1, 0.15) is 47.5 Å². The highest BCUT2D eigenvalue weighted by Crippen LogP contribution is 2.37. The Hall–Kier alpha value is -0.400. The lowest BCUT2D eigenvalue weighted by Crippen LogP contribution is -2.53. The molecule has 0 atom stereocenters. The first-order valence-corrected chi connectivity index (χ1v) is 4.73. The second kappa shape index (κ2) is 2.54. The van der Waals surface area contributed by atoms with E-state index in [1.807, 2.05) is 27.7 Å². The van der Waals surface area contributed by atoms with Crippen molar-refractivity contribution in [2.75, 3.05) is 0 Å². The molecule has 0 aromatic rings. The first-order valence-electron chi connectivity index (χ1n) is 4.73. The molecule has 1 rings (SSSR count). The largest absolute Gasteiger partial charge is 0.206 e. The standard InChI is InChI=1S/C10H20NO/c1-8-6-9(2,3)11(12)10(4,5)7-8/h8H,6-7H2,1-5H3/q+1. The van der Waals surface area contributed by atoms with Crippen molar-refractivity contribution in [1.82, 2.24) is 0 Å². The minimum Gasteiger partial charge on any atom is -0.0620 e. The lowest BCUT2D eigenvalue weighted by atomic mass is 9.76. The quantitative estimate of drug-likeness (QED) is 0.512. The summed E-state index contributed by atoms with van der Waals surface area (Å²) in [5.41, 5.74) is -0.359. The molecule has 70 valence electrons. The average Bonchev–Trinajstić information content (AvgIpc) is 1.80. The molecule has 1 aliphatic heterocycles. The number of piperidine rings is 1. The minimum absolute atomic E-state index is 0.179. The smallest absolute Gasteiger partial charge is 0.0620 e. The summed E-state index contributed by atoms with van der Waals surface area (Å²) < 4.78 is 1.28. The van der Waals surface area contributed by atoms with E-state index in [2.05, 4.69) is 6.92 Å². The molecule has 12 heavy (non-hydrogen) atoms. The van der Waals surface area contributed by atoms with E-state index in [9.17, 15) is 4.91 Å². The normalized spacial score (nSPS) is 28.9. The third-order valence-electron chi connectivity index (χ3n) is 2.80. The van der Waals surface area contributed by atoms with Crippen LogP contribution in [-0.2, 0) is 0 Å². The number of nitroso groups, excluding NO2 is 1. The predicted octanol–water partition coefficient (Wildman–Crippen LogP) is 2.75. The summed E-state index contributed by atoms with van der Waals surface area (Å²) in [6.45, 7) is 10.4. The first-order chi connectivity index (χ1) is 5.26. The Balaban J connectivity index is 2.91. The lowest BCUT2D eigenvalue weighted by Gasteiger charge is -2.35. The Bertz CT molecular complexity index is 186. The van der Waals surface area contributed by atoms with Crippen LogP contribution in [0.2, 0.25) is 0 Å². The summed E-state index contributed by atoms with van der Waals surface area (Å²) in [5.74, 6) is 0.667. The van der Waals surface area contributed by atoms with Gasteiger partial charge in [0.2, 0.25) is 11.1 Å². The third kappa shape index (κ3) is 1.52. The van der Waals surface area contributed by atoms with E-state index in [1.165, 1.54) is 4.76 Å². The molecule has 0 radical (unpaired) electrons. The van der Waals surface area contributed by atoms with Crippen LogP contribution in [0.5, 0.6) is 0 Å². The van der Waals surface area contributed by atoms with Gasteiger partial charge in [-0.3, -0.25) is 0 Å². The molecule has 0 spiro atoms. The van der Waals surface area contributed by atoms with E-state index < -0.39 is 0 Å². The zero-order valence-corrected chi connectivity index (χ0v) is 8.85. The molecule has 2 nitrogen and oxygen atoms in total. The molecule has 0 aromatic carbocycles. The van der Waals surface area contributed by atoms with Crippen LogP contribution in [0.25, 0.3) is 0 Å². The van der Waals surface area contributed by atoms with Crippen LogP contribution >= 0.6 is 0 Å². The summed E-state index contributed by atoms with van der Waals surface area (Å²) in [6, 6.07) is 0. The summed E-state index contributed by atoms with van der Waals surface area (Å²) >= 11 is 0. The molecular formula is C10H20NO+. The monoisotopic (exact) mass is 170 g/mol. The minimum atomic E-state index is -0.179. The molecule has 1 saturated heterocycles. The van der Waals surface area contributed by atoms with Crippen LogP contribution in [0.3, 0.4) is 0 Å². The molecule has 0 bridgehead atoms. The summed E-state index contributed by atoms with van der Waals surface area (Å²) in [5, 5.41) is 0. The van der Waals surface area contributed by atoms with Gasteiger partial charge in [-0.1, -0.05) is 6.92 Å². The fourth-order valence-electron chi connectivity index (χ4n) is 2.76. The zero-order valence-electron chi connectivity index (χ0n) is 8.85. The third-order valence-corrected chi connectivity index (χ3v) is 2.80. The van der Waals surface area contributed by atoms with Crippen LogP contribution < -0.4 is 0 Å². The fraction of sp³-hybridized carbons (Fsp3) is 1.00. The van der Waals surface area contributed by atoms with Crippen molar-refractivity contribution in [2.45, 2.75) is 58.5 Å². The van der Waals surface area contributed by atoms with Gasteiger partial charge in [-0.15, -0.1) is 0 Å². The van der Waals surface area contributed by atoms with Crippen molar-refractivity contribution < 1.29 is 4.76 Å².